The van der Waals surface area contributed by atoms with Gasteiger partial charge in [-0.3, -0.25) is 4.79 Å². The third-order valence-electron chi connectivity index (χ3n) is 4.62. The van der Waals surface area contributed by atoms with Crippen molar-refractivity contribution in [3.05, 3.63) is 0 Å². The zero-order valence-corrected chi connectivity index (χ0v) is 12.3. The van der Waals surface area contributed by atoms with Crippen LogP contribution in [-0.2, 0) is 4.79 Å². The molecule has 5 heteroatoms. The van der Waals surface area contributed by atoms with Gasteiger partial charge in [0, 0.05) is 38.3 Å². The van der Waals surface area contributed by atoms with Crippen molar-refractivity contribution in [1.82, 2.24) is 10.2 Å². The smallest absolute Gasteiger partial charge is 0.304 e. The molecular formula is C15H28N2O3. The summed E-state index contributed by atoms with van der Waals surface area (Å²) in [6, 6.07) is 1.10. The van der Waals surface area contributed by atoms with Gasteiger partial charge in [0.2, 0.25) is 0 Å². The van der Waals surface area contributed by atoms with Crippen molar-refractivity contribution in [2.75, 3.05) is 26.2 Å². The van der Waals surface area contributed by atoms with Crippen molar-refractivity contribution < 1.29 is 15.0 Å². The van der Waals surface area contributed by atoms with Crippen LogP contribution in [0.2, 0.25) is 0 Å². The lowest BCUT2D eigenvalue weighted by atomic mass is 9.91. The van der Waals surface area contributed by atoms with E-state index in [4.69, 9.17) is 10.2 Å². The van der Waals surface area contributed by atoms with Gasteiger partial charge in [-0.15, -0.1) is 0 Å². The van der Waals surface area contributed by atoms with E-state index in [0.717, 1.165) is 25.9 Å². The fourth-order valence-corrected chi connectivity index (χ4v) is 3.68. The first kappa shape index (κ1) is 15.7. The van der Waals surface area contributed by atoms with Gasteiger partial charge in [0.1, 0.15) is 0 Å². The van der Waals surface area contributed by atoms with Crippen LogP contribution < -0.4 is 5.32 Å². The Balaban J connectivity index is 1.83. The maximum atomic E-state index is 10.7. The molecule has 0 spiro atoms. The lowest BCUT2D eigenvalue weighted by Gasteiger charge is -2.39. The van der Waals surface area contributed by atoms with Crippen molar-refractivity contribution in [3.63, 3.8) is 0 Å². The Bertz CT molecular complexity index is 305. The minimum Gasteiger partial charge on any atom is -0.481 e. The Morgan fingerprint density at radius 2 is 1.95 bits per heavy atom. The average Bonchev–Trinajstić information content (AvgIpc) is 2.89. The highest BCUT2D eigenvalue weighted by molar-refractivity contribution is 5.66. The number of piperidine rings is 1. The molecule has 2 unspecified atom stereocenters. The van der Waals surface area contributed by atoms with Crippen LogP contribution in [0.1, 0.15) is 44.9 Å². The summed E-state index contributed by atoms with van der Waals surface area (Å²) in [5.74, 6) is -0.240. The van der Waals surface area contributed by atoms with Crippen LogP contribution in [0.25, 0.3) is 0 Å². The fraction of sp³-hybridized carbons (Fsp3) is 0.933. The van der Waals surface area contributed by atoms with E-state index in [9.17, 15) is 4.79 Å². The van der Waals surface area contributed by atoms with Gasteiger partial charge in [0.15, 0.2) is 0 Å². The summed E-state index contributed by atoms with van der Waals surface area (Å²) in [5, 5.41) is 21.7. The van der Waals surface area contributed by atoms with E-state index in [1.165, 1.54) is 25.7 Å². The number of nitrogens with one attached hydrogen (secondary N) is 1. The van der Waals surface area contributed by atoms with Crippen molar-refractivity contribution >= 4 is 5.97 Å². The summed E-state index contributed by atoms with van der Waals surface area (Å²) in [4.78, 5) is 13.0. The number of hydrogen-bond acceptors (Lipinski definition) is 4. The summed E-state index contributed by atoms with van der Waals surface area (Å²) >= 11 is 0. The summed E-state index contributed by atoms with van der Waals surface area (Å²) in [6.07, 6.45) is 7.35. The average molecular weight is 284 g/mol. The predicted octanol–water partition coefficient (Wildman–Crippen LogP) is 1.07. The number of carbonyl (C=O) groups is 1. The summed E-state index contributed by atoms with van der Waals surface area (Å²) in [7, 11) is 0. The molecule has 0 aromatic carbocycles. The monoisotopic (exact) mass is 284 g/mol. The second-order valence-electron chi connectivity index (χ2n) is 6.36. The predicted molar refractivity (Wildman–Crippen MR) is 77.7 cm³/mol. The lowest BCUT2D eigenvalue weighted by molar-refractivity contribution is -0.137. The number of rotatable bonds is 7. The summed E-state index contributed by atoms with van der Waals surface area (Å²) < 4.78 is 0. The molecule has 0 bridgehead atoms. The molecule has 1 aliphatic heterocycles. The molecule has 2 atom stereocenters. The van der Waals surface area contributed by atoms with Gasteiger partial charge in [-0.2, -0.15) is 0 Å². The molecule has 1 heterocycles. The Morgan fingerprint density at radius 3 is 2.60 bits per heavy atom. The standard InChI is InChI=1S/C15H28N2O3/c18-8-6-12-9-14(16-13-3-1-2-4-13)11-17(10-12)7-5-15(19)20/h12-14,16,18H,1-11H2,(H,19,20). The maximum absolute atomic E-state index is 10.7. The van der Waals surface area contributed by atoms with Crippen LogP contribution in [0.3, 0.4) is 0 Å². The highest BCUT2D eigenvalue weighted by Crippen LogP contribution is 2.24. The van der Waals surface area contributed by atoms with E-state index in [2.05, 4.69) is 10.2 Å². The molecule has 2 rings (SSSR count). The summed E-state index contributed by atoms with van der Waals surface area (Å²) in [5.41, 5.74) is 0. The maximum Gasteiger partial charge on any atom is 0.304 e. The molecule has 20 heavy (non-hydrogen) atoms. The molecule has 0 aromatic heterocycles. The lowest BCUT2D eigenvalue weighted by Crippen LogP contribution is -2.52. The van der Waals surface area contributed by atoms with E-state index in [0.29, 0.717) is 24.5 Å². The normalized spacial score (nSPS) is 28.9. The number of carboxylic acid groups (broad SMARTS) is 1. The van der Waals surface area contributed by atoms with Gasteiger partial charge in [-0.1, -0.05) is 12.8 Å². The van der Waals surface area contributed by atoms with E-state index in [1.54, 1.807) is 0 Å². The number of hydrogen-bond donors (Lipinski definition) is 3. The van der Waals surface area contributed by atoms with Crippen molar-refractivity contribution in [2.45, 2.75) is 57.0 Å². The molecule has 1 aliphatic carbocycles. The van der Waals surface area contributed by atoms with Gasteiger partial charge in [0.05, 0.1) is 6.42 Å². The SMILES string of the molecule is O=C(O)CCN1CC(CCO)CC(NC2CCCC2)C1. The Hall–Kier alpha value is -0.650. The van der Waals surface area contributed by atoms with Gasteiger partial charge >= 0.3 is 5.97 Å². The number of nitrogens with zero attached hydrogens (tertiary/aromatic N) is 1. The van der Waals surface area contributed by atoms with E-state index >= 15 is 0 Å². The van der Waals surface area contributed by atoms with E-state index in [-0.39, 0.29) is 13.0 Å². The molecule has 1 saturated heterocycles. The molecule has 2 fully saturated rings. The number of likely N-dealkylation sites (tertiary alicyclic amines) is 1. The van der Waals surface area contributed by atoms with Gasteiger partial charge in [0.25, 0.3) is 0 Å². The second-order valence-corrected chi connectivity index (χ2v) is 6.36. The molecule has 2 aliphatic rings. The Morgan fingerprint density at radius 1 is 1.20 bits per heavy atom. The first-order valence-corrected chi connectivity index (χ1v) is 7.98. The molecule has 116 valence electrons. The number of aliphatic carboxylic acids is 1. The Labute approximate surface area is 121 Å². The largest absolute Gasteiger partial charge is 0.481 e. The van der Waals surface area contributed by atoms with Crippen molar-refractivity contribution in [2.24, 2.45) is 5.92 Å². The van der Waals surface area contributed by atoms with Crippen LogP contribution in [0.4, 0.5) is 0 Å². The third kappa shape index (κ3) is 5.04. The van der Waals surface area contributed by atoms with Crippen LogP contribution in [0.5, 0.6) is 0 Å². The minimum absolute atomic E-state index is 0.210. The second kappa shape index (κ2) is 7.96. The molecule has 3 N–H and O–H groups in total. The molecule has 1 saturated carbocycles. The fourth-order valence-electron chi connectivity index (χ4n) is 3.68. The topological polar surface area (TPSA) is 72.8 Å². The van der Waals surface area contributed by atoms with Crippen molar-refractivity contribution in [3.8, 4) is 0 Å². The quantitative estimate of drug-likeness (QED) is 0.652. The highest BCUT2D eigenvalue weighted by Gasteiger charge is 2.29. The van der Waals surface area contributed by atoms with E-state index in [1.807, 2.05) is 0 Å². The number of aliphatic hydroxyl groups excluding tert-OH is 1. The van der Waals surface area contributed by atoms with Crippen LogP contribution in [0, 0.1) is 5.92 Å². The minimum atomic E-state index is -0.727. The Kier molecular flexibility index (Phi) is 6.26. The molecular weight excluding hydrogens is 256 g/mol. The van der Waals surface area contributed by atoms with Crippen LogP contribution >= 0.6 is 0 Å². The van der Waals surface area contributed by atoms with Gasteiger partial charge in [-0.25, -0.2) is 0 Å². The zero-order chi connectivity index (χ0) is 14.4. The van der Waals surface area contributed by atoms with Crippen molar-refractivity contribution in [1.29, 1.82) is 0 Å². The first-order valence-electron chi connectivity index (χ1n) is 7.98. The third-order valence-corrected chi connectivity index (χ3v) is 4.62. The van der Waals surface area contributed by atoms with Crippen LogP contribution in [0.15, 0.2) is 0 Å². The first-order chi connectivity index (χ1) is 9.67. The highest BCUT2D eigenvalue weighted by atomic mass is 16.4. The number of aliphatic hydroxyl groups is 1. The van der Waals surface area contributed by atoms with Crippen LogP contribution in [-0.4, -0.2) is 59.4 Å². The van der Waals surface area contributed by atoms with E-state index < -0.39 is 5.97 Å². The molecule has 5 nitrogen and oxygen atoms in total. The van der Waals surface area contributed by atoms with Gasteiger partial charge < -0.3 is 20.4 Å². The number of carboxylic acids is 1. The molecule has 0 radical (unpaired) electrons. The zero-order valence-electron chi connectivity index (χ0n) is 12.3. The molecule has 0 aromatic rings. The summed E-state index contributed by atoms with van der Waals surface area (Å²) in [6.45, 7) is 2.73. The molecule has 0 amide bonds. The van der Waals surface area contributed by atoms with Gasteiger partial charge in [-0.05, 0) is 31.6 Å².